The van der Waals surface area contributed by atoms with Crippen molar-refractivity contribution in [2.45, 2.75) is 30.7 Å². The largest absolute Gasteiger partial charge is 0.490 e. The fourth-order valence-electron chi connectivity index (χ4n) is 3.31. The molecule has 3 N–H and O–H groups in total. The number of hydrogen-bond acceptors (Lipinski definition) is 5. The van der Waals surface area contributed by atoms with Crippen molar-refractivity contribution in [3.63, 3.8) is 0 Å². The molecule has 2 aromatic rings. The summed E-state index contributed by atoms with van der Waals surface area (Å²) in [5.41, 5.74) is 5.78. The molecular weight excluding hydrogens is 497 g/mol. The van der Waals surface area contributed by atoms with E-state index < -0.39 is 16.1 Å². The molecule has 0 aromatic heterocycles. The number of nitrogens with zero attached hydrogens (tertiary/aromatic N) is 1. The third-order valence-electron chi connectivity index (χ3n) is 5.30. The average Bonchev–Trinajstić information content (AvgIpc) is 2.75. The van der Waals surface area contributed by atoms with E-state index in [0.29, 0.717) is 29.8 Å². The zero-order valence-corrected chi connectivity index (χ0v) is 20.4. The molecule has 0 saturated carbocycles. The molecule has 1 amide bonds. The van der Waals surface area contributed by atoms with Gasteiger partial charge in [-0.15, -0.1) is 0 Å². The van der Waals surface area contributed by atoms with Crippen LogP contribution in [0.5, 0.6) is 5.75 Å². The Morgan fingerprint density at radius 1 is 1.16 bits per heavy atom. The summed E-state index contributed by atoms with van der Waals surface area (Å²) < 4.78 is 34.2. The van der Waals surface area contributed by atoms with Crippen LogP contribution in [0.2, 0.25) is 15.1 Å². The number of hydrogen-bond donors (Lipinski definition) is 2. The molecule has 0 bridgehead atoms. The maximum atomic E-state index is 13.2. The third kappa shape index (κ3) is 5.99. The first-order valence-electron chi connectivity index (χ1n) is 10.0. The number of carbonyl (C=O) groups excluding carboxylic acids is 1. The fraction of sp³-hybridized carbons (Fsp3) is 0.381. The smallest absolute Gasteiger partial charge is 0.244 e. The van der Waals surface area contributed by atoms with E-state index in [1.807, 2.05) is 0 Å². The third-order valence-corrected chi connectivity index (χ3v) is 7.68. The molecule has 1 aliphatic heterocycles. The number of piperidine rings is 1. The van der Waals surface area contributed by atoms with Crippen LogP contribution in [-0.2, 0) is 14.8 Å². The molecule has 1 aliphatic rings. The number of ether oxygens (including phenoxy) is 1. The lowest BCUT2D eigenvalue weighted by molar-refractivity contribution is -0.135. The van der Waals surface area contributed by atoms with Gasteiger partial charge in [0.2, 0.25) is 15.9 Å². The summed E-state index contributed by atoms with van der Waals surface area (Å²) in [6.07, 6.45) is 1.69. The number of nitrogens with one attached hydrogen (secondary N) is 1. The van der Waals surface area contributed by atoms with Crippen LogP contribution < -0.4 is 15.2 Å². The highest BCUT2D eigenvalue weighted by atomic mass is 35.5. The number of sulfonamides is 1. The molecule has 1 unspecified atom stereocenters. The molecule has 0 aliphatic carbocycles. The van der Waals surface area contributed by atoms with E-state index in [9.17, 15) is 13.2 Å². The summed E-state index contributed by atoms with van der Waals surface area (Å²) in [5, 5.41) is 0.349. The Kier molecular flexibility index (Phi) is 8.16. The highest BCUT2D eigenvalue weighted by molar-refractivity contribution is 7.89. The van der Waals surface area contributed by atoms with Crippen molar-refractivity contribution in [2.24, 2.45) is 5.92 Å². The standard InChI is InChI=1S/C21H24Cl3N3O4S/c1-13-6-8-27(9-7-13)21(28)18(12-31-19-5-3-2-4-15(19)22)26-32(29,30)14-10-16(23)20(25)17(24)11-14/h2-5,10-11,13,18,26H,6-9,12,25H2,1H3. The van der Waals surface area contributed by atoms with Gasteiger partial charge in [-0.3, -0.25) is 4.79 Å². The molecule has 7 nitrogen and oxygen atoms in total. The Morgan fingerprint density at radius 3 is 2.34 bits per heavy atom. The fourth-order valence-corrected chi connectivity index (χ4v) is 5.34. The lowest BCUT2D eigenvalue weighted by Gasteiger charge is -2.33. The molecule has 11 heteroatoms. The molecule has 1 saturated heterocycles. The van der Waals surface area contributed by atoms with Gasteiger partial charge >= 0.3 is 0 Å². The Hall–Kier alpha value is -1.71. The van der Waals surface area contributed by atoms with E-state index in [0.717, 1.165) is 12.8 Å². The molecule has 1 heterocycles. The monoisotopic (exact) mass is 519 g/mol. The van der Waals surface area contributed by atoms with Crippen molar-refractivity contribution in [3.05, 3.63) is 51.5 Å². The maximum Gasteiger partial charge on any atom is 0.244 e. The Bertz CT molecular complexity index is 1070. The zero-order valence-electron chi connectivity index (χ0n) is 17.4. The summed E-state index contributed by atoms with van der Waals surface area (Å²) in [7, 11) is -4.17. The number of para-hydroxylation sites is 1. The van der Waals surface area contributed by atoms with Crippen LogP contribution in [0, 0.1) is 5.92 Å². The first-order valence-corrected chi connectivity index (χ1v) is 12.6. The van der Waals surface area contributed by atoms with Gasteiger partial charge in [-0.1, -0.05) is 53.9 Å². The molecule has 174 valence electrons. The van der Waals surface area contributed by atoms with E-state index in [1.165, 1.54) is 12.1 Å². The van der Waals surface area contributed by atoms with E-state index >= 15 is 0 Å². The number of benzene rings is 2. The molecule has 0 spiro atoms. The van der Waals surface area contributed by atoms with Crippen molar-refractivity contribution < 1.29 is 17.9 Å². The van der Waals surface area contributed by atoms with E-state index in [4.69, 9.17) is 45.3 Å². The number of nitrogens with two attached hydrogens (primary N) is 1. The van der Waals surface area contributed by atoms with Crippen LogP contribution in [0.15, 0.2) is 41.3 Å². The summed E-state index contributed by atoms with van der Waals surface area (Å²) >= 11 is 18.1. The Morgan fingerprint density at radius 2 is 1.75 bits per heavy atom. The lowest BCUT2D eigenvalue weighted by Crippen LogP contribution is -2.53. The summed E-state index contributed by atoms with van der Waals surface area (Å²) in [6.45, 7) is 2.97. The molecule has 1 atom stereocenters. The van der Waals surface area contributed by atoms with Crippen LogP contribution >= 0.6 is 34.8 Å². The number of carbonyl (C=O) groups is 1. The molecule has 1 fully saturated rings. The van der Waals surface area contributed by atoms with Crippen LogP contribution in [0.25, 0.3) is 0 Å². The van der Waals surface area contributed by atoms with Crippen LogP contribution in [0.4, 0.5) is 5.69 Å². The predicted octanol–water partition coefficient (Wildman–Crippen LogP) is 4.21. The quantitative estimate of drug-likeness (QED) is 0.533. The number of likely N-dealkylation sites (tertiary alicyclic amines) is 1. The minimum Gasteiger partial charge on any atom is -0.490 e. The number of halogens is 3. The van der Waals surface area contributed by atoms with Crippen LogP contribution in [0.1, 0.15) is 19.8 Å². The minimum atomic E-state index is -4.17. The van der Waals surface area contributed by atoms with Gasteiger partial charge < -0.3 is 15.4 Å². The van der Waals surface area contributed by atoms with Crippen molar-refractivity contribution in [1.82, 2.24) is 9.62 Å². The van der Waals surface area contributed by atoms with Gasteiger partial charge in [-0.05, 0) is 43.0 Å². The van der Waals surface area contributed by atoms with Crippen molar-refractivity contribution in [3.8, 4) is 5.75 Å². The maximum absolute atomic E-state index is 13.2. The minimum absolute atomic E-state index is 0.00177. The van der Waals surface area contributed by atoms with Gasteiger partial charge in [0.25, 0.3) is 0 Å². The van der Waals surface area contributed by atoms with E-state index in [-0.39, 0.29) is 33.1 Å². The normalized spacial score (nSPS) is 16.1. The second-order valence-corrected chi connectivity index (χ2v) is 10.7. The van der Waals surface area contributed by atoms with Crippen molar-refractivity contribution >= 4 is 56.4 Å². The second-order valence-electron chi connectivity index (χ2n) is 7.72. The van der Waals surface area contributed by atoms with Gasteiger partial charge in [0.05, 0.1) is 25.7 Å². The van der Waals surface area contributed by atoms with E-state index in [2.05, 4.69) is 11.6 Å². The van der Waals surface area contributed by atoms with E-state index in [1.54, 1.807) is 29.2 Å². The highest BCUT2D eigenvalue weighted by Crippen LogP contribution is 2.31. The topological polar surface area (TPSA) is 102 Å². The summed E-state index contributed by atoms with van der Waals surface area (Å²) in [4.78, 5) is 14.7. The highest BCUT2D eigenvalue weighted by Gasteiger charge is 2.32. The number of rotatable bonds is 7. The van der Waals surface area contributed by atoms with Gasteiger partial charge in [0, 0.05) is 13.1 Å². The van der Waals surface area contributed by atoms with Crippen molar-refractivity contribution in [1.29, 1.82) is 0 Å². The van der Waals surface area contributed by atoms with Gasteiger partial charge in [0.15, 0.2) is 0 Å². The number of anilines is 1. The second kappa shape index (κ2) is 10.5. The number of amides is 1. The summed E-state index contributed by atoms with van der Waals surface area (Å²) in [6, 6.07) is 7.94. The predicted molar refractivity (Wildman–Crippen MR) is 127 cm³/mol. The molecule has 32 heavy (non-hydrogen) atoms. The first-order chi connectivity index (χ1) is 15.1. The Balaban J connectivity index is 1.85. The molecule has 0 radical (unpaired) electrons. The summed E-state index contributed by atoms with van der Waals surface area (Å²) in [5.74, 6) is 0.477. The molecular formula is C21H24Cl3N3O4S. The van der Waals surface area contributed by atoms with Crippen LogP contribution in [0.3, 0.4) is 0 Å². The van der Waals surface area contributed by atoms with Gasteiger partial charge in [0.1, 0.15) is 18.4 Å². The number of nitrogen functional groups attached to an aromatic ring is 1. The Labute approximate surface area is 202 Å². The average molecular weight is 521 g/mol. The van der Waals surface area contributed by atoms with Crippen molar-refractivity contribution in [2.75, 3.05) is 25.4 Å². The first kappa shape index (κ1) is 24.9. The molecule has 2 aromatic carbocycles. The van der Waals surface area contributed by atoms with Gasteiger partial charge in [-0.2, -0.15) is 4.72 Å². The van der Waals surface area contributed by atoms with Crippen LogP contribution in [-0.4, -0.2) is 45.0 Å². The van der Waals surface area contributed by atoms with Gasteiger partial charge in [-0.25, -0.2) is 8.42 Å². The lowest BCUT2D eigenvalue weighted by atomic mass is 9.99. The SMILES string of the molecule is CC1CCN(C(=O)C(COc2ccccc2Cl)NS(=O)(=O)c2cc(Cl)c(N)c(Cl)c2)CC1. The molecule has 3 rings (SSSR count). The zero-order chi connectivity index (χ0) is 23.5.